The van der Waals surface area contributed by atoms with Crippen molar-refractivity contribution in [3.05, 3.63) is 0 Å². The topological polar surface area (TPSA) is 89.5 Å². The Hall–Kier alpha value is -1.14. The number of carboxylic acids is 1. The number of carbonyl (C=O) groups excluding carboxylic acids is 2. The van der Waals surface area contributed by atoms with Crippen LogP contribution in [0.2, 0.25) is 0 Å². The van der Waals surface area contributed by atoms with Crippen molar-refractivity contribution in [2.45, 2.75) is 18.1 Å². The zero-order valence-electron chi connectivity index (χ0n) is 9.11. The molecule has 0 spiro atoms. The zero-order chi connectivity index (χ0) is 11.9. The summed E-state index contributed by atoms with van der Waals surface area (Å²) >= 11 is 0. The molecule has 1 rings (SSSR count). The summed E-state index contributed by atoms with van der Waals surface area (Å²) in [5, 5.41) is 22.6. The summed E-state index contributed by atoms with van der Waals surface area (Å²) in [6, 6.07) is 0. The standard InChI is InChI=1S/C9H16N2O4/c1-11(2,3)5-9(8(14)15)4-6(12)7(13)10-9/h6,12H,4-5H2,1-3H3,(H-,10,13,14,15)/t6-,9-/m1/s1. The van der Waals surface area contributed by atoms with Gasteiger partial charge in [-0.15, -0.1) is 0 Å². The molecule has 0 aromatic carbocycles. The Labute approximate surface area is 88.1 Å². The highest BCUT2D eigenvalue weighted by Crippen LogP contribution is 2.22. The van der Waals surface area contributed by atoms with Crippen LogP contribution >= 0.6 is 0 Å². The minimum absolute atomic E-state index is 0.135. The largest absolute Gasteiger partial charge is 0.547 e. The quantitative estimate of drug-likeness (QED) is 0.494. The van der Waals surface area contributed by atoms with Crippen LogP contribution in [0.3, 0.4) is 0 Å². The van der Waals surface area contributed by atoms with Crippen LogP contribution in [0, 0.1) is 0 Å². The molecule has 6 heteroatoms. The molecule has 0 bridgehead atoms. The molecule has 1 amide bonds. The molecule has 0 aromatic heterocycles. The van der Waals surface area contributed by atoms with E-state index in [4.69, 9.17) is 0 Å². The van der Waals surface area contributed by atoms with E-state index in [1.807, 2.05) is 21.1 Å². The first kappa shape index (κ1) is 11.9. The molecule has 0 saturated carbocycles. The zero-order valence-corrected chi connectivity index (χ0v) is 9.11. The van der Waals surface area contributed by atoms with E-state index < -0.39 is 23.5 Å². The van der Waals surface area contributed by atoms with Gasteiger partial charge < -0.3 is 24.8 Å². The SMILES string of the molecule is C[N+](C)(C)C[C@@]1(C(=O)[O-])C[C@@H](O)C(=O)N1. The fourth-order valence-corrected chi connectivity index (χ4v) is 1.91. The monoisotopic (exact) mass is 216 g/mol. The average Bonchev–Trinajstić information content (AvgIpc) is 2.24. The minimum Gasteiger partial charge on any atom is -0.547 e. The van der Waals surface area contributed by atoms with Crippen molar-refractivity contribution in [3.63, 3.8) is 0 Å². The van der Waals surface area contributed by atoms with E-state index >= 15 is 0 Å². The molecule has 1 saturated heterocycles. The van der Waals surface area contributed by atoms with Crippen LogP contribution in [0.15, 0.2) is 0 Å². The van der Waals surface area contributed by atoms with Crippen molar-refractivity contribution in [1.82, 2.24) is 5.32 Å². The molecule has 2 atom stereocenters. The van der Waals surface area contributed by atoms with Gasteiger partial charge in [-0.25, -0.2) is 0 Å². The normalized spacial score (nSPS) is 31.5. The number of quaternary nitrogens is 1. The molecule has 1 fully saturated rings. The first-order chi connectivity index (χ1) is 6.66. The summed E-state index contributed by atoms with van der Waals surface area (Å²) in [5.41, 5.74) is -1.45. The predicted molar refractivity (Wildman–Crippen MR) is 49.4 cm³/mol. The molecule has 1 aliphatic rings. The lowest BCUT2D eigenvalue weighted by Gasteiger charge is -2.36. The number of aliphatic carboxylic acids is 1. The van der Waals surface area contributed by atoms with Gasteiger partial charge in [-0.2, -0.15) is 0 Å². The van der Waals surface area contributed by atoms with Gasteiger partial charge in [0, 0.05) is 6.42 Å². The number of amides is 1. The Morgan fingerprint density at radius 2 is 2.20 bits per heavy atom. The number of aliphatic hydroxyl groups excluding tert-OH is 1. The first-order valence-corrected chi connectivity index (χ1v) is 4.68. The molecule has 0 unspecified atom stereocenters. The summed E-state index contributed by atoms with van der Waals surface area (Å²) in [6.07, 6.45) is -1.39. The maximum atomic E-state index is 11.1. The van der Waals surface area contributed by atoms with E-state index in [1.165, 1.54) is 0 Å². The average molecular weight is 216 g/mol. The van der Waals surface area contributed by atoms with Gasteiger partial charge in [-0.3, -0.25) is 4.79 Å². The Bertz CT molecular complexity index is 297. The molecule has 0 radical (unpaired) electrons. The predicted octanol–water partition coefficient (Wildman–Crippen LogP) is -2.94. The number of carboxylic acid groups (broad SMARTS) is 1. The molecule has 6 nitrogen and oxygen atoms in total. The lowest BCUT2D eigenvalue weighted by Crippen LogP contribution is -2.64. The van der Waals surface area contributed by atoms with Crippen LogP contribution in [0.25, 0.3) is 0 Å². The van der Waals surface area contributed by atoms with Gasteiger partial charge in [0.15, 0.2) is 0 Å². The van der Waals surface area contributed by atoms with E-state index in [-0.39, 0.29) is 13.0 Å². The van der Waals surface area contributed by atoms with Gasteiger partial charge in [-0.05, 0) is 0 Å². The highest BCUT2D eigenvalue weighted by Gasteiger charge is 2.48. The van der Waals surface area contributed by atoms with Crippen molar-refractivity contribution in [2.24, 2.45) is 0 Å². The van der Waals surface area contributed by atoms with Crippen LogP contribution in [0.5, 0.6) is 0 Å². The van der Waals surface area contributed by atoms with E-state index in [0.29, 0.717) is 4.48 Å². The fourth-order valence-electron chi connectivity index (χ4n) is 1.91. The molecular weight excluding hydrogens is 200 g/mol. The third-order valence-corrected chi connectivity index (χ3v) is 2.34. The molecule has 15 heavy (non-hydrogen) atoms. The highest BCUT2D eigenvalue weighted by molar-refractivity contribution is 5.92. The molecule has 1 heterocycles. The van der Waals surface area contributed by atoms with Crippen LogP contribution in [0.4, 0.5) is 0 Å². The summed E-state index contributed by atoms with van der Waals surface area (Å²) in [5.74, 6) is -1.99. The highest BCUT2D eigenvalue weighted by atomic mass is 16.4. The number of hydrogen-bond acceptors (Lipinski definition) is 4. The van der Waals surface area contributed by atoms with Gasteiger partial charge in [0.1, 0.15) is 18.2 Å². The van der Waals surface area contributed by atoms with Crippen LogP contribution in [-0.2, 0) is 9.59 Å². The second-order valence-electron chi connectivity index (χ2n) is 5.03. The number of nitrogens with zero attached hydrogens (tertiary/aromatic N) is 1. The Kier molecular flexibility index (Phi) is 2.75. The number of hydrogen-bond donors (Lipinski definition) is 2. The molecule has 0 aliphatic carbocycles. The second-order valence-corrected chi connectivity index (χ2v) is 5.03. The summed E-state index contributed by atoms with van der Waals surface area (Å²) in [6.45, 7) is 0.179. The molecule has 0 aromatic rings. The number of rotatable bonds is 3. The van der Waals surface area contributed by atoms with Crippen molar-refractivity contribution in [2.75, 3.05) is 27.7 Å². The molecular formula is C9H16N2O4. The maximum absolute atomic E-state index is 11.1. The van der Waals surface area contributed by atoms with Crippen LogP contribution < -0.4 is 10.4 Å². The van der Waals surface area contributed by atoms with Crippen molar-refractivity contribution >= 4 is 11.9 Å². The smallest absolute Gasteiger partial charge is 0.249 e. The van der Waals surface area contributed by atoms with Crippen LogP contribution in [0.1, 0.15) is 6.42 Å². The third kappa shape index (κ3) is 2.45. The van der Waals surface area contributed by atoms with E-state index in [0.717, 1.165) is 0 Å². The van der Waals surface area contributed by atoms with Crippen molar-refractivity contribution < 1.29 is 24.3 Å². The van der Waals surface area contributed by atoms with E-state index in [2.05, 4.69) is 5.32 Å². The lowest BCUT2D eigenvalue weighted by molar-refractivity contribution is -0.873. The van der Waals surface area contributed by atoms with Gasteiger partial charge in [-0.1, -0.05) is 0 Å². The van der Waals surface area contributed by atoms with E-state index in [1.54, 1.807) is 0 Å². The van der Waals surface area contributed by atoms with Gasteiger partial charge >= 0.3 is 0 Å². The summed E-state index contributed by atoms with van der Waals surface area (Å²) in [4.78, 5) is 22.2. The molecule has 1 aliphatic heterocycles. The first-order valence-electron chi connectivity index (χ1n) is 4.68. The number of aliphatic hydroxyl groups is 1. The van der Waals surface area contributed by atoms with Crippen molar-refractivity contribution in [3.8, 4) is 0 Å². The maximum Gasteiger partial charge on any atom is 0.249 e. The fraction of sp³-hybridized carbons (Fsp3) is 0.778. The molecule has 86 valence electrons. The second kappa shape index (κ2) is 3.46. The minimum atomic E-state index is -1.45. The van der Waals surface area contributed by atoms with E-state index in [9.17, 15) is 19.8 Å². The van der Waals surface area contributed by atoms with Crippen LogP contribution in [-0.4, -0.2) is 60.8 Å². The van der Waals surface area contributed by atoms with Crippen molar-refractivity contribution in [1.29, 1.82) is 0 Å². The van der Waals surface area contributed by atoms with Gasteiger partial charge in [0.05, 0.1) is 27.1 Å². The Balaban J connectivity index is 2.92. The number of likely N-dealkylation sites (N-methyl/N-ethyl adjacent to an activating group) is 1. The van der Waals surface area contributed by atoms with Gasteiger partial charge in [0.2, 0.25) is 5.91 Å². The number of nitrogens with one attached hydrogen (secondary N) is 1. The van der Waals surface area contributed by atoms with Gasteiger partial charge in [0.25, 0.3) is 0 Å². The lowest BCUT2D eigenvalue weighted by atomic mass is 9.95. The Morgan fingerprint density at radius 1 is 1.67 bits per heavy atom. The third-order valence-electron chi connectivity index (χ3n) is 2.34. The summed E-state index contributed by atoms with van der Waals surface area (Å²) in [7, 11) is 5.42. The molecule has 2 N–H and O–H groups in total. The summed E-state index contributed by atoms with van der Waals surface area (Å²) < 4.78 is 0.362. The Morgan fingerprint density at radius 3 is 2.47 bits per heavy atom. The number of carbonyl (C=O) groups is 2.